The molecule has 0 aromatic carbocycles. The summed E-state index contributed by atoms with van der Waals surface area (Å²) in [5.41, 5.74) is 2.66. The van der Waals surface area contributed by atoms with Crippen LogP contribution in [-0.2, 0) is 0 Å². The first-order valence-corrected chi connectivity index (χ1v) is 5.15. The molecule has 4 heteroatoms. The second-order valence-electron chi connectivity index (χ2n) is 2.93. The van der Waals surface area contributed by atoms with Crippen molar-refractivity contribution in [2.24, 2.45) is 5.84 Å². The number of likely N-dealkylation sites (N-methyl/N-ethyl adjacent to an activating group) is 1. The van der Waals surface area contributed by atoms with E-state index in [-0.39, 0.29) is 6.04 Å². The minimum atomic E-state index is -0.0252. The van der Waals surface area contributed by atoms with Crippen molar-refractivity contribution in [3.63, 3.8) is 0 Å². The van der Waals surface area contributed by atoms with Gasteiger partial charge in [0.05, 0.1) is 6.04 Å². The SMILES string of the molecule is C#CC(NN)C1CSCCN1C. The summed E-state index contributed by atoms with van der Waals surface area (Å²) in [7, 11) is 2.09. The fraction of sp³-hybridized carbons (Fsp3) is 0.750. The predicted molar refractivity (Wildman–Crippen MR) is 53.7 cm³/mol. The Hall–Kier alpha value is -0.210. The van der Waals surface area contributed by atoms with Gasteiger partial charge in [-0.2, -0.15) is 11.8 Å². The average Bonchev–Trinajstić information content (AvgIpc) is 2.10. The lowest BCUT2D eigenvalue weighted by Crippen LogP contribution is -2.54. The van der Waals surface area contributed by atoms with Crippen molar-refractivity contribution in [3.05, 3.63) is 0 Å². The Kier molecular flexibility index (Phi) is 3.89. The molecule has 0 aromatic heterocycles. The van der Waals surface area contributed by atoms with Crippen molar-refractivity contribution in [2.75, 3.05) is 25.1 Å². The lowest BCUT2D eigenvalue weighted by Gasteiger charge is -2.35. The van der Waals surface area contributed by atoms with Crippen LogP contribution >= 0.6 is 11.8 Å². The first kappa shape index (κ1) is 9.87. The molecular formula is C8H15N3S. The highest BCUT2D eigenvalue weighted by molar-refractivity contribution is 7.99. The highest BCUT2D eigenvalue weighted by atomic mass is 32.2. The third kappa shape index (κ3) is 2.14. The first-order valence-electron chi connectivity index (χ1n) is 4.00. The molecule has 12 heavy (non-hydrogen) atoms. The quantitative estimate of drug-likeness (QED) is 0.346. The molecule has 3 nitrogen and oxygen atoms in total. The Balaban J connectivity index is 2.53. The molecule has 1 aliphatic rings. The molecule has 1 heterocycles. The van der Waals surface area contributed by atoms with Gasteiger partial charge in [-0.15, -0.1) is 6.42 Å². The van der Waals surface area contributed by atoms with Gasteiger partial charge in [-0.05, 0) is 7.05 Å². The van der Waals surface area contributed by atoms with Crippen molar-refractivity contribution >= 4 is 11.8 Å². The number of nitrogens with two attached hydrogens (primary N) is 1. The lowest BCUT2D eigenvalue weighted by atomic mass is 10.1. The van der Waals surface area contributed by atoms with E-state index < -0.39 is 0 Å². The number of hydrogen-bond donors (Lipinski definition) is 2. The topological polar surface area (TPSA) is 41.3 Å². The third-order valence-corrected chi connectivity index (χ3v) is 3.24. The first-order chi connectivity index (χ1) is 5.79. The Bertz CT molecular complexity index is 178. The van der Waals surface area contributed by atoms with Crippen LogP contribution in [0.5, 0.6) is 0 Å². The zero-order valence-electron chi connectivity index (χ0n) is 7.29. The van der Waals surface area contributed by atoms with Crippen LogP contribution in [0, 0.1) is 12.3 Å². The van der Waals surface area contributed by atoms with Gasteiger partial charge in [0.2, 0.25) is 0 Å². The fourth-order valence-corrected chi connectivity index (χ4v) is 2.60. The van der Waals surface area contributed by atoms with E-state index in [4.69, 9.17) is 12.3 Å². The highest BCUT2D eigenvalue weighted by Crippen LogP contribution is 2.16. The Morgan fingerprint density at radius 3 is 3.08 bits per heavy atom. The summed E-state index contributed by atoms with van der Waals surface area (Å²) in [6, 6.07) is 0.349. The van der Waals surface area contributed by atoms with Gasteiger partial charge in [-0.25, -0.2) is 5.43 Å². The Labute approximate surface area is 78.0 Å². The summed E-state index contributed by atoms with van der Waals surface area (Å²) >= 11 is 1.93. The molecule has 1 fully saturated rings. The standard InChI is InChI=1S/C8H15N3S/c1-3-7(10-9)8-6-12-5-4-11(8)2/h1,7-8,10H,4-6,9H2,2H3. The predicted octanol–water partition coefficient (Wildman–Crippen LogP) is -0.501. The summed E-state index contributed by atoms with van der Waals surface area (Å²) < 4.78 is 0. The van der Waals surface area contributed by atoms with Crippen molar-refractivity contribution in [1.82, 2.24) is 10.3 Å². The lowest BCUT2D eigenvalue weighted by molar-refractivity contribution is 0.240. The molecule has 0 bridgehead atoms. The number of nitrogens with one attached hydrogen (secondary N) is 1. The van der Waals surface area contributed by atoms with E-state index in [0.717, 1.165) is 12.3 Å². The van der Waals surface area contributed by atoms with Crippen LogP contribution in [0.15, 0.2) is 0 Å². The molecule has 1 rings (SSSR count). The van der Waals surface area contributed by atoms with Gasteiger partial charge in [0.25, 0.3) is 0 Å². The molecule has 1 aliphatic heterocycles. The minimum Gasteiger partial charge on any atom is -0.299 e. The summed E-state index contributed by atoms with van der Waals surface area (Å²) in [6.07, 6.45) is 5.35. The van der Waals surface area contributed by atoms with Gasteiger partial charge in [0.15, 0.2) is 0 Å². The minimum absolute atomic E-state index is 0.0252. The van der Waals surface area contributed by atoms with Crippen molar-refractivity contribution in [1.29, 1.82) is 0 Å². The van der Waals surface area contributed by atoms with Crippen LogP contribution in [0.3, 0.4) is 0 Å². The largest absolute Gasteiger partial charge is 0.299 e. The molecule has 0 aliphatic carbocycles. The summed E-state index contributed by atoms with van der Waals surface area (Å²) in [5, 5.41) is 0. The van der Waals surface area contributed by atoms with E-state index in [1.54, 1.807) is 0 Å². The monoisotopic (exact) mass is 185 g/mol. The smallest absolute Gasteiger partial charge is 0.0977 e. The maximum absolute atomic E-state index is 5.35. The van der Waals surface area contributed by atoms with E-state index in [1.807, 2.05) is 11.8 Å². The van der Waals surface area contributed by atoms with Crippen LogP contribution in [0.25, 0.3) is 0 Å². The summed E-state index contributed by atoms with van der Waals surface area (Å²) in [4.78, 5) is 2.26. The van der Waals surface area contributed by atoms with Crippen molar-refractivity contribution in [3.8, 4) is 12.3 Å². The number of thioether (sulfide) groups is 1. The third-order valence-electron chi connectivity index (χ3n) is 2.19. The maximum Gasteiger partial charge on any atom is 0.0977 e. The number of hydrazine groups is 1. The summed E-state index contributed by atoms with van der Waals surface area (Å²) in [5.74, 6) is 10.3. The van der Waals surface area contributed by atoms with Crippen LogP contribution in [0.1, 0.15) is 0 Å². The van der Waals surface area contributed by atoms with Crippen LogP contribution in [-0.4, -0.2) is 42.1 Å². The second-order valence-corrected chi connectivity index (χ2v) is 4.08. The molecule has 3 N–H and O–H groups in total. The molecule has 0 radical (unpaired) electrons. The van der Waals surface area contributed by atoms with E-state index in [2.05, 4.69) is 23.3 Å². The molecular weight excluding hydrogens is 170 g/mol. The second kappa shape index (κ2) is 4.73. The van der Waals surface area contributed by atoms with Gasteiger partial charge in [0, 0.05) is 24.1 Å². The molecule has 0 aromatic rings. The average molecular weight is 185 g/mol. The molecule has 2 unspecified atom stereocenters. The number of terminal acetylenes is 1. The van der Waals surface area contributed by atoms with Crippen molar-refractivity contribution in [2.45, 2.75) is 12.1 Å². The van der Waals surface area contributed by atoms with E-state index in [9.17, 15) is 0 Å². The van der Waals surface area contributed by atoms with Crippen LogP contribution < -0.4 is 11.3 Å². The Morgan fingerprint density at radius 1 is 1.83 bits per heavy atom. The van der Waals surface area contributed by atoms with E-state index in [0.29, 0.717) is 6.04 Å². The molecule has 0 amide bonds. The van der Waals surface area contributed by atoms with Gasteiger partial charge >= 0.3 is 0 Å². The highest BCUT2D eigenvalue weighted by Gasteiger charge is 2.25. The molecule has 68 valence electrons. The van der Waals surface area contributed by atoms with Crippen LogP contribution in [0.4, 0.5) is 0 Å². The zero-order chi connectivity index (χ0) is 8.97. The fourth-order valence-electron chi connectivity index (χ4n) is 1.33. The molecule has 1 saturated heterocycles. The molecule has 0 spiro atoms. The van der Waals surface area contributed by atoms with Gasteiger partial charge in [-0.1, -0.05) is 5.92 Å². The van der Waals surface area contributed by atoms with Gasteiger partial charge in [-0.3, -0.25) is 10.7 Å². The number of hydrogen-bond acceptors (Lipinski definition) is 4. The zero-order valence-corrected chi connectivity index (χ0v) is 8.10. The number of rotatable bonds is 2. The van der Waals surface area contributed by atoms with Gasteiger partial charge in [0.1, 0.15) is 0 Å². The van der Waals surface area contributed by atoms with Crippen LogP contribution in [0.2, 0.25) is 0 Å². The van der Waals surface area contributed by atoms with E-state index in [1.165, 1.54) is 5.75 Å². The molecule has 0 saturated carbocycles. The van der Waals surface area contributed by atoms with Gasteiger partial charge < -0.3 is 0 Å². The Morgan fingerprint density at radius 2 is 2.58 bits per heavy atom. The van der Waals surface area contributed by atoms with Crippen molar-refractivity contribution < 1.29 is 0 Å². The van der Waals surface area contributed by atoms with E-state index >= 15 is 0 Å². The summed E-state index contributed by atoms with van der Waals surface area (Å²) in [6.45, 7) is 1.09. The maximum atomic E-state index is 5.35. The number of nitrogens with zero attached hydrogens (tertiary/aromatic N) is 1. The molecule has 2 atom stereocenters. The normalized spacial score (nSPS) is 27.9.